The molecule has 0 aromatic rings. The van der Waals surface area contributed by atoms with Crippen LogP contribution in [0.3, 0.4) is 0 Å². The molecule has 0 rings (SSSR count). The van der Waals surface area contributed by atoms with Gasteiger partial charge in [0.15, 0.2) is 0 Å². The van der Waals surface area contributed by atoms with E-state index < -0.39 is 0 Å². The molecule has 2 N–H and O–H groups in total. The minimum Gasteiger partial charge on any atom is -0.253 e. The predicted octanol–water partition coefficient (Wildman–Crippen LogP) is -0.0436. The lowest BCUT2D eigenvalue weighted by molar-refractivity contribution is -0.900. The van der Waals surface area contributed by atoms with E-state index in [-0.39, 0.29) is 0 Å². The number of quaternary nitrogens is 1. The van der Waals surface area contributed by atoms with Gasteiger partial charge in [0, 0.05) is 0 Å². The molecule has 2 heteroatoms. The molecule has 2 nitrogen and oxygen atoms in total. The molecule has 0 radical (unpaired) electrons. The number of nitrogens with two attached hydrogens (primary N) is 1. The molecule has 6 heavy (non-hydrogen) atoms. The molecule has 0 fully saturated rings. The first-order chi connectivity index (χ1) is 2.56. The molecule has 0 aromatic heterocycles. The quantitative estimate of drug-likeness (QED) is 0.272. The molecule has 0 saturated carbocycles. The summed E-state index contributed by atoms with van der Waals surface area (Å²) < 4.78 is 0.569. The summed E-state index contributed by atoms with van der Waals surface area (Å²) in [5.74, 6) is 5.47. The van der Waals surface area contributed by atoms with Gasteiger partial charge in [-0.15, -0.1) is 0 Å². The van der Waals surface area contributed by atoms with Crippen LogP contribution in [-0.2, 0) is 0 Å². The third-order valence-electron chi connectivity index (χ3n) is 0.815. The fraction of sp³-hybridized carbons (Fsp3) is 1.00. The Labute approximate surface area is 39.1 Å². The summed E-state index contributed by atoms with van der Waals surface area (Å²) in [6.07, 6.45) is 0. The van der Waals surface area contributed by atoms with Gasteiger partial charge in [0.2, 0.25) is 0 Å². The average molecular weight is 89.2 g/mol. The molecule has 0 aliphatic carbocycles. The van der Waals surface area contributed by atoms with E-state index in [1.54, 1.807) is 0 Å². The van der Waals surface area contributed by atoms with Crippen LogP contribution in [0, 0.1) is 0 Å². The molecule has 0 aliphatic rings. The molecule has 38 valence electrons. The van der Waals surface area contributed by atoms with Crippen molar-refractivity contribution in [3.8, 4) is 0 Å². The summed E-state index contributed by atoms with van der Waals surface area (Å²) in [5.41, 5.74) is 0. The smallest absolute Gasteiger partial charge is 0.0927 e. The van der Waals surface area contributed by atoms with Gasteiger partial charge in [0.1, 0.15) is 0 Å². The first-order valence-electron chi connectivity index (χ1n) is 2.18. The number of nitrogens with zero attached hydrogens (tertiary/aromatic N) is 1. The van der Waals surface area contributed by atoms with Gasteiger partial charge >= 0.3 is 0 Å². The number of rotatable bonds is 1. The Morgan fingerprint density at radius 3 is 1.67 bits per heavy atom. The zero-order chi connectivity index (χ0) is 5.21. The first-order valence-corrected chi connectivity index (χ1v) is 2.18. The van der Waals surface area contributed by atoms with E-state index in [1.165, 1.54) is 0 Å². The van der Waals surface area contributed by atoms with Gasteiger partial charge in [-0.05, 0) is 6.92 Å². The van der Waals surface area contributed by atoms with E-state index in [2.05, 4.69) is 6.92 Å². The highest BCUT2D eigenvalue weighted by molar-refractivity contribution is 4.03. The van der Waals surface area contributed by atoms with E-state index in [1.807, 2.05) is 14.1 Å². The molecule has 0 aliphatic heterocycles. The maximum Gasteiger partial charge on any atom is 0.0927 e. The van der Waals surface area contributed by atoms with Crippen LogP contribution in [-0.4, -0.2) is 25.2 Å². The molecule has 0 unspecified atom stereocenters. The predicted molar refractivity (Wildman–Crippen MR) is 26.8 cm³/mol. The summed E-state index contributed by atoms with van der Waals surface area (Å²) in [7, 11) is 3.92. The Bertz CT molecular complexity index is 35.3. The monoisotopic (exact) mass is 89.1 g/mol. The molecular formula is C4H13N2+. The second-order valence-corrected chi connectivity index (χ2v) is 2.09. The molecule has 0 amide bonds. The van der Waals surface area contributed by atoms with Gasteiger partial charge in [-0.2, -0.15) is 5.84 Å². The summed E-state index contributed by atoms with van der Waals surface area (Å²) in [6, 6.07) is 0. The topological polar surface area (TPSA) is 26.0 Å². The Morgan fingerprint density at radius 1 is 1.50 bits per heavy atom. The molecular weight excluding hydrogens is 76.1 g/mol. The maximum atomic E-state index is 5.47. The van der Waals surface area contributed by atoms with Crippen molar-refractivity contribution in [2.45, 2.75) is 6.92 Å². The van der Waals surface area contributed by atoms with E-state index >= 15 is 0 Å². The van der Waals surface area contributed by atoms with E-state index in [9.17, 15) is 0 Å². The second kappa shape index (κ2) is 1.58. The average Bonchev–Trinajstić information content (AvgIpc) is 1.35. The molecule has 0 aromatic carbocycles. The minimum absolute atomic E-state index is 0.569. The van der Waals surface area contributed by atoms with E-state index in [0.29, 0.717) is 4.59 Å². The van der Waals surface area contributed by atoms with Crippen LogP contribution in [0.1, 0.15) is 6.92 Å². The summed E-state index contributed by atoms with van der Waals surface area (Å²) >= 11 is 0. The van der Waals surface area contributed by atoms with Crippen LogP contribution in [0.2, 0.25) is 0 Å². The van der Waals surface area contributed by atoms with Gasteiger partial charge in [0.25, 0.3) is 0 Å². The highest BCUT2D eigenvalue weighted by Gasteiger charge is 1.99. The van der Waals surface area contributed by atoms with E-state index in [0.717, 1.165) is 6.54 Å². The number of hydrogen-bond acceptors (Lipinski definition) is 1. The largest absolute Gasteiger partial charge is 0.253 e. The van der Waals surface area contributed by atoms with Crippen molar-refractivity contribution in [1.82, 2.24) is 0 Å². The zero-order valence-electron chi connectivity index (χ0n) is 4.73. The van der Waals surface area contributed by atoms with Gasteiger partial charge in [-0.25, -0.2) is 0 Å². The third kappa shape index (κ3) is 3.92. The van der Waals surface area contributed by atoms with Crippen LogP contribution in [0.25, 0.3) is 0 Å². The summed E-state index contributed by atoms with van der Waals surface area (Å²) in [6.45, 7) is 3.04. The summed E-state index contributed by atoms with van der Waals surface area (Å²) in [4.78, 5) is 0. The highest BCUT2D eigenvalue weighted by Crippen LogP contribution is 1.77. The Morgan fingerprint density at radius 2 is 1.67 bits per heavy atom. The second-order valence-electron chi connectivity index (χ2n) is 2.09. The van der Waals surface area contributed by atoms with Crippen molar-refractivity contribution in [3.05, 3.63) is 0 Å². The van der Waals surface area contributed by atoms with Crippen molar-refractivity contribution < 1.29 is 4.59 Å². The van der Waals surface area contributed by atoms with Gasteiger partial charge in [0.05, 0.1) is 20.6 Å². The van der Waals surface area contributed by atoms with Crippen molar-refractivity contribution in [2.24, 2.45) is 5.84 Å². The summed E-state index contributed by atoms with van der Waals surface area (Å²) in [5, 5.41) is 0. The lowest BCUT2D eigenvalue weighted by atomic mass is 10.6. The Kier molecular flexibility index (Phi) is 1.56. The van der Waals surface area contributed by atoms with Gasteiger partial charge in [-0.1, -0.05) is 0 Å². The first kappa shape index (κ1) is 5.92. The van der Waals surface area contributed by atoms with E-state index in [4.69, 9.17) is 5.84 Å². The zero-order valence-corrected chi connectivity index (χ0v) is 4.73. The van der Waals surface area contributed by atoms with Crippen LogP contribution in [0.5, 0.6) is 0 Å². The normalized spacial score (nSPS) is 12.0. The van der Waals surface area contributed by atoms with Crippen LogP contribution >= 0.6 is 0 Å². The lowest BCUT2D eigenvalue weighted by Gasteiger charge is -2.18. The van der Waals surface area contributed by atoms with Crippen LogP contribution in [0.15, 0.2) is 0 Å². The minimum atomic E-state index is 0.569. The fourth-order valence-corrected chi connectivity index (χ4v) is 0. The van der Waals surface area contributed by atoms with Crippen molar-refractivity contribution in [2.75, 3.05) is 20.6 Å². The van der Waals surface area contributed by atoms with Gasteiger partial charge < -0.3 is 0 Å². The van der Waals surface area contributed by atoms with Crippen molar-refractivity contribution in [3.63, 3.8) is 0 Å². The van der Waals surface area contributed by atoms with Crippen LogP contribution in [0.4, 0.5) is 0 Å². The molecule has 0 spiro atoms. The third-order valence-corrected chi connectivity index (χ3v) is 0.815. The van der Waals surface area contributed by atoms with Crippen LogP contribution < -0.4 is 5.84 Å². The maximum absolute atomic E-state index is 5.47. The molecule has 0 heterocycles. The Balaban J connectivity index is 3.17. The molecule has 0 bridgehead atoms. The highest BCUT2D eigenvalue weighted by atomic mass is 15.5. The van der Waals surface area contributed by atoms with Crippen molar-refractivity contribution in [1.29, 1.82) is 0 Å². The molecule has 0 atom stereocenters. The fourth-order valence-electron chi connectivity index (χ4n) is 0. The van der Waals surface area contributed by atoms with Gasteiger partial charge in [-0.3, -0.25) is 4.59 Å². The standard InChI is InChI=1S/C4H13N2/c1-4-6(2,3)5/h4-5H2,1-3H3/q+1. The lowest BCUT2D eigenvalue weighted by Crippen LogP contribution is -2.46. The number of hydrogen-bond donors (Lipinski definition) is 1. The SMILES string of the molecule is CC[N+](C)(C)N. The molecule has 0 saturated heterocycles. The Hall–Kier alpha value is -0.0800. The van der Waals surface area contributed by atoms with Crippen molar-refractivity contribution >= 4 is 0 Å².